The van der Waals surface area contributed by atoms with Gasteiger partial charge < -0.3 is 18.8 Å². The SMILES string of the molecule is Cc1c(C)n(CC2CC2)c2c(OCc3ccc4c(c3)OCO4)ccnc12. The van der Waals surface area contributed by atoms with Gasteiger partial charge in [0.1, 0.15) is 17.9 Å². The first-order chi connectivity index (χ1) is 12.7. The van der Waals surface area contributed by atoms with Crippen LogP contribution in [0.15, 0.2) is 30.5 Å². The van der Waals surface area contributed by atoms with Gasteiger partial charge in [-0.05, 0) is 55.9 Å². The summed E-state index contributed by atoms with van der Waals surface area (Å²) in [4.78, 5) is 4.62. The van der Waals surface area contributed by atoms with Crippen LogP contribution in [0.5, 0.6) is 17.2 Å². The van der Waals surface area contributed by atoms with Gasteiger partial charge in [0.25, 0.3) is 0 Å². The van der Waals surface area contributed by atoms with Crippen molar-refractivity contribution >= 4 is 11.0 Å². The maximum atomic E-state index is 6.22. The van der Waals surface area contributed by atoms with Gasteiger partial charge in [-0.1, -0.05) is 6.07 Å². The molecule has 3 heterocycles. The molecule has 5 rings (SSSR count). The Morgan fingerprint density at radius 1 is 1.15 bits per heavy atom. The van der Waals surface area contributed by atoms with E-state index in [1.165, 1.54) is 24.1 Å². The molecule has 0 bridgehead atoms. The third kappa shape index (κ3) is 2.59. The molecule has 1 saturated carbocycles. The molecule has 0 amide bonds. The summed E-state index contributed by atoms with van der Waals surface area (Å²) in [6, 6.07) is 7.91. The maximum absolute atomic E-state index is 6.22. The van der Waals surface area contributed by atoms with Gasteiger partial charge in [-0.15, -0.1) is 0 Å². The van der Waals surface area contributed by atoms with Crippen molar-refractivity contribution in [1.29, 1.82) is 0 Å². The second kappa shape index (κ2) is 5.94. The van der Waals surface area contributed by atoms with Crippen LogP contribution in [0.25, 0.3) is 11.0 Å². The van der Waals surface area contributed by atoms with Crippen molar-refractivity contribution in [1.82, 2.24) is 9.55 Å². The Morgan fingerprint density at radius 2 is 2.00 bits per heavy atom. The molecule has 0 saturated heterocycles. The Balaban J connectivity index is 1.47. The normalized spacial score (nSPS) is 15.6. The van der Waals surface area contributed by atoms with E-state index >= 15 is 0 Å². The molecule has 2 aromatic heterocycles. The third-order valence-corrected chi connectivity index (χ3v) is 5.43. The van der Waals surface area contributed by atoms with Crippen LogP contribution in [0.2, 0.25) is 0 Å². The fourth-order valence-electron chi connectivity index (χ4n) is 3.61. The fraction of sp³-hybridized carbons (Fsp3) is 0.381. The maximum Gasteiger partial charge on any atom is 0.231 e. The standard InChI is InChI=1S/C21H22N2O3/c1-13-14(2)23(10-15-3-4-15)21-18(7-8-22-20(13)21)24-11-16-5-6-17-19(9-16)26-12-25-17/h5-9,15H,3-4,10-12H2,1-2H3. The summed E-state index contributed by atoms with van der Waals surface area (Å²) in [6.45, 7) is 6.17. The largest absolute Gasteiger partial charge is 0.487 e. The molecule has 1 aromatic carbocycles. The van der Waals surface area contributed by atoms with Gasteiger partial charge in [-0.25, -0.2) is 0 Å². The van der Waals surface area contributed by atoms with E-state index in [2.05, 4.69) is 23.4 Å². The molecular formula is C21H22N2O3. The van der Waals surface area contributed by atoms with Crippen molar-refractivity contribution in [3.8, 4) is 17.2 Å². The van der Waals surface area contributed by atoms with Gasteiger partial charge >= 0.3 is 0 Å². The zero-order valence-electron chi connectivity index (χ0n) is 15.1. The molecule has 0 unspecified atom stereocenters. The van der Waals surface area contributed by atoms with Crippen LogP contribution in [0, 0.1) is 19.8 Å². The Kier molecular flexibility index (Phi) is 3.55. The Bertz CT molecular complexity index is 989. The number of nitrogens with zero attached hydrogens (tertiary/aromatic N) is 2. The number of hydrogen-bond acceptors (Lipinski definition) is 4. The highest BCUT2D eigenvalue weighted by Gasteiger charge is 2.25. The quantitative estimate of drug-likeness (QED) is 0.685. The van der Waals surface area contributed by atoms with Crippen molar-refractivity contribution in [2.45, 2.75) is 39.8 Å². The minimum atomic E-state index is 0.290. The number of ether oxygens (including phenoxy) is 3. The van der Waals surface area contributed by atoms with Crippen molar-refractivity contribution in [2.75, 3.05) is 6.79 Å². The average molecular weight is 350 g/mol. The number of aryl methyl sites for hydroxylation is 1. The first-order valence-electron chi connectivity index (χ1n) is 9.16. The first-order valence-corrected chi connectivity index (χ1v) is 9.16. The highest BCUT2D eigenvalue weighted by Crippen LogP contribution is 2.37. The molecule has 1 aliphatic carbocycles. The summed E-state index contributed by atoms with van der Waals surface area (Å²) in [5.74, 6) is 3.27. The molecule has 0 radical (unpaired) electrons. The third-order valence-electron chi connectivity index (χ3n) is 5.43. The van der Waals surface area contributed by atoms with E-state index in [-0.39, 0.29) is 6.79 Å². The number of rotatable bonds is 5. The van der Waals surface area contributed by atoms with Crippen LogP contribution >= 0.6 is 0 Å². The lowest BCUT2D eigenvalue weighted by molar-refractivity contribution is 0.174. The molecular weight excluding hydrogens is 328 g/mol. The highest BCUT2D eigenvalue weighted by molar-refractivity contribution is 5.86. The van der Waals surface area contributed by atoms with E-state index in [9.17, 15) is 0 Å². The van der Waals surface area contributed by atoms with Crippen LogP contribution in [0.1, 0.15) is 29.7 Å². The summed E-state index contributed by atoms with van der Waals surface area (Å²) in [7, 11) is 0. The molecule has 0 atom stereocenters. The number of hydrogen-bond donors (Lipinski definition) is 0. The smallest absolute Gasteiger partial charge is 0.231 e. The molecule has 5 nitrogen and oxygen atoms in total. The van der Waals surface area contributed by atoms with Crippen molar-refractivity contribution in [3.63, 3.8) is 0 Å². The Hall–Kier alpha value is -2.69. The minimum Gasteiger partial charge on any atom is -0.487 e. The van der Waals surface area contributed by atoms with E-state index < -0.39 is 0 Å². The predicted octanol–water partition coefficient (Wildman–Crippen LogP) is 4.37. The lowest BCUT2D eigenvalue weighted by Crippen LogP contribution is -2.04. The second-order valence-corrected chi connectivity index (χ2v) is 7.25. The van der Waals surface area contributed by atoms with Crippen LogP contribution in [-0.2, 0) is 13.2 Å². The van der Waals surface area contributed by atoms with E-state index in [1.807, 2.05) is 30.5 Å². The van der Waals surface area contributed by atoms with Gasteiger partial charge in [0.05, 0.1) is 5.52 Å². The summed E-state index contributed by atoms with van der Waals surface area (Å²) in [5.41, 5.74) is 5.77. The fourth-order valence-corrected chi connectivity index (χ4v) is 3.61. The van der Waals surface area contributed by atoms with E-state index in [0.29, 0.717) is 6.61 Å². The van der Waals surface area contributed by atoms with Crippen LogP contribution < -0.4 is 14.2 Å². The van der Waals surface area contributed by atoms with Crippen LogP contribution in [-0.4, -0.2) is 16.3 Å². The molecule has 1 fully saturated rings. The average Bonchev–Trinajstić information content (AvgIpc) is 3.30. The molecule has 0 N–H and O–H groups in total. The molecule has 0 spiro atoms. The summed E-state index contributed by atoms with van der Waals surface area (Å²) in [5, 5.41) is 0. The first kappa shape index (κ1) is 15.6. The summed E-state index contributed by atoms with van der Waals surface area (Å²) >= 11 is 0. The lowest BCUT2D eigenvalue weighted by Gasteiger charge is -2.12. The monoisotopic (exact) mass is 350 g/mol. The van der Waals surface area contributed by atoms with Gasteiger partial charge in [0.2, 0.25) is 6.79 Å². The number of benzene rings is 1. The minimum absolute atomic E-state index is 0.290. The zero-order valence-corrected chi connectivity index (χ0v) is 15.1. The van der Waals surface area contributed by atoms with Crippen molar-refractivity contribution < 1.29 is 14.2 Å². The number of pyridine rings is 1. The van der Waals surface area contributed by atoms with Gasteiger partial charge in [0, 0.05) is 24.5 Å². The molecule has 5 heteroatoms. The lowest BCUT2D eigenvalue weighted by atomic mass is 10.2. The summed E-state index contributed by atoms with van der Waals surface area (Å²) < 4.78 is 19.4. The second-order valence-electron chi connectivity index (χ2n) is 7.25. The molecule has 3 aromatic rings. The number of fused-ring (bicyclic) bond motifs is 2. The van der Waals surface area contributed by atoms with Gasteiger partial charge in [-0.3, -0.25) is 4.98 Å². The van der Waals surface area contributed by atoms with E-state index in [0.717, 1.165) is 46.3 Å². The zero-order chi connectivity index (χ0) is 17.7. The van der Waals surface area contributed by atoms with Gasteiger partial charge in [-0.2, -0.15) is 0 Å². The van der Waals surface area contributed by atoms with Crippen LogP contribution in [0.4, 0.5) is 0 Å². The molecule has 2 aliphatic rings. The van der Waals surface area contributed by atoms with Crippen LogP contribution in [0.3, 0.4) is 0 Å². The van der Waals surface area contributed by atoms with E-state index in [1.54, 1.807) is 0 Å². The highest BCUT2D eigenvalue weighted by atomic mass is 16.7. The number of aromatic nitrogens is 2. The molecule has 26 heavy (non-hydrogen) atoms. The topological polar surface area (TPSA) is 45.5 Å². The molecule has 134 valence electrons. The Morgan fingerprint density at radius 3 is 2.85 bits per heavy atom. The van der Waals surface area contributed by atoms with E-state index in [4.69, 9.17) is 14.2 Å². The van der Waals surface area contributed by atoms with Crippen molar-refractivity contribution in [3.05, 3.63) is 47.3 Å². The summed E-state index contributed by atoms with van der Waals surface area (Å²) in [6.07, 6.45) is 4.49. The Labute approximate surface area is 152 Å². The van der Waals surface area contributed by atoms with Crippen molar-refractivity contribution in [2.24, 2.45) is 5.92 Å². The predicted molar refractivity (Wildman–Crippen MR) is 98.8 cm³/mol. The molecule has 1 aliphatic heterocycles. The van der Waals surface area contributed by atoms with Gasteiger partial charge in [0.15, 0.2) is 11.5 Å².